The molecular formula is C10H21NO4S. The fourth-order valence-electron chi connectivity index (χ4n) is 1.36. The first-order valence-corrected chi connectivity index (χ1v) is 6.36. The van der Waals surface area contributed by atoms with Crippen LogP contribution in [0.4, 0.5) is 0 Å². The summed E-state index contributed by atoms with van der Waals surface area (Å²) in [6.07, 6.45) is 3.99. The summed E-state index contributed by atoms with van der Waals surface area (Å²) >= 11 is 0. The zero-order valence-electron chi connectivity index (χ0n) is 9.92. The third-order valence-corrected chi connectivity index (χ3v) is 2.37. The predicted molar refractivity (Wildman–Crippen MR) is 63.8 cm³/mol. The maximum absolute atomic E-state index is 8.63. The summed E-state index contributed by atoms with van der Waals surface area (Å²) < 4.78 is 33.9. The van der Waals surface area contributed by atoms with Crippen LogP contribution in [0.5, 0.6) is 0 Å². The zero-order valence-corrected chi connectivity index (χ0v) is 10.7. The average Bonchev–Trinajstić information content (AvgIpc) is 2.15. The van der Waals surface area contributed by atoms with E-state index in [1.807, 2.05) is 12.2 Å². The Bertz CT molecular complexity index is 274. The first-order valence-electron chi connectivity index (χ1n) is 4.99. The number of quaternary nitrogens is 1. The molecule has 0 aliphatic carbocycles. The summed E-state index contributed by atoms with van der Waals surface area (Å²) in [5.74, 6) is 0. The third-order valence-electron chi connectivity index (χ3n) is 2.37. The summed E-state index contributed by atoms with van der Waals surface area (Å²) in [6.45, 7) is 16.4. The number of likely N-dealkylation sites (N-methyl/N-ethyl adjacent to an activating group) is 1. The van der Waals surface area contributed by atoms with E-state index in [4.69, 9.17) is 17.5 Å². The first kappa shape index (κ1) is 17.7. The van der Waals surface area contributed by atoms with Crippen molar-refractivity contribution in [1.82, 2.24) is 0 Å². The quantitative estimate of drug-likeness (QED) is 0.333. The van der Waals surface area contributed by atoms with Gasteiger partial charge in [0.15, 0.2) is 0 Å². The van der Waals surface area contributed by atoms with Crippen LogP contribution >= 0.6 is 0 Å². The molecular weight excluding hydrogens is 230 g/mol. The standard InChI is InChI=1S/C10H20N.H2O4S/c1-5-9-11(7-3,8-4)10-6-2;1-5(2,3)4/h5-6H,1-2,7-10H2,3-4H3;(H2,1,2,3,4)/q+1;/p-1. The van der Waals surface area contributed by atoms with Crippen LogP contribution < -0.4 is 0 Å². The van der Waals surface area contributed by atoms with Gasteiger partial charge in [-0.1, -0.05) is 13.2 Å². The molecule has 96 valence electrons. The normalized spacial score (nSPS) is 11.2. The third kappa shape index (κ3) is 11.4. The second-order valence-corrected chi connectivity index (χ2v) is 4.20. The molecule has 5 nitrogen and oxygen atoms in total. The Morgan fingerprint density at radius 2 is 1.44 bits per heavy atom. The first-order chi connectivity index (χ1) is 7.24. The van der Waals surface area contributed by atoms with E-state index in [9.17, 15) is 0 Å². The van der Waals surface area contributed by atoms with E-state index in [-0.39, 0.29) is 0 Å². The van der Waals surface area contributed by atoms with Crippen LogP contribution in [0, 0.1) is 0 Å². The summed E-state index contributed by atoms with van der Waals surface area (Å²) in [5, 5.41) is 0. The van der Waals surface area contributed by atoms with Crippen molar-refractivity contribution in [1.29, 1.82) is 0 Å². The Kier molecular flexibility index (Phi) is 9.36. The topological polar surface area (TPSA) is 77.4 Å². The van der Waals surface area contributed by atoms with Crippen LogP contribution in [0.2, 0.25) is 0 Å². The smallest absolute Gasteiger partial charge is 0.215 e. The van der Waals surface area contributed by atoms with Gasteiger partial charge < -0.3 is 9.04 Å². The molecule has 0 unspecified atom stereocenters. The van der Waals surface area contributed by atoms with Gasteiger partial charge in [-0.05, 0) is 26.0 Å². The monoisotopic (exact) mass is 251 g/mol. The molecule has 6 heteroatoms. The maximum atomic E-state index is 8.63. The van der Waals surface area contributed by atoms with Gasteiger partial charge in [0, 0.05) is 0 Å². The van der Waals surface area contributed by atoms with E-state index in [0.717, 1.165) is 30.7 Å². The van der Waals surface area contributed by atoms with Crippen molar-refractivity contribution >= 4 is 10.4 Å². The molecule has 0 atom stereocenters. The van der Waals surface area contributed by atoms with Crippen LogP contribution in [0.1, 0.15) is 13.8 Å². The zero-order chi connectivity index (χ0) is 13.2. The Balaban J connectivity index is 0. The second kappa shape index (κ2) is 8.46. The molecule has 0 radical (unpaired) electrons. The summed E-state index contributed by atoms with van der Waals surface area (Å²) in [6, 6.07) is 0. The van der Waals surface area contributed by atoms with E-state index in [1.54, 1.807) is 0 Å². The van der Waals surface area contributed by atoms with Gasteiger partial charge in [0.25, 0.3) is 0 Å². The Labute approximate surface area is 98.3 Å². The molecule has 1 N–H and O–H groups in total. The van der Waals surface area contributed by atoms with Gasteiger partial charge in [-0.15, -0.1) is 0 Å². The van der Waals surface area contributed by atoms with Gasteiger partial charge in [0.2, 0.25) is 10.4 Å². The van der Waals surface area contributed by atoms with Crippen LogP contribution in [0.25, 0.3) is 0 Å². The lowest BCUT2D eigenvalue weighted by atomic mass is 10.3. The van der Waals surface area contributed by atoms with Crippen molar-refractivity contribution in [2.75, 3.05) is 26.2 Å². The molecule has 0 bridgehead atoms. The lowest BCUT2D eigenvalue weighted by molar-refractivity contribution is -0.914. The molecule has 0 amide bonds. The highest BCUT2D eigenvalue weighted by Crippen LogP contribution is 2.05. The lowest BCUT2D eigenvalue weighted by Gasteiger charge is -2.34. The fourth-order valence-corrected chi connectivity index (χ4v) is 1.36. The second-order valence-electron chi connectivity index (χ2n) is 3.34. The van der Waals surface area contributed by atoms with Crippen LogP contribution in [0.3, 0.4) is 0 Å². The molecule has 16 heavy (non-hydrogen) atoms. The number of nitrogens with zero attached hydrogens (tertiary/aromatic N) is 1. The minimum Gasteiger partial charge on any atom is -0.726 e. The maximum Gasteiger partial charge on any atom is 0.215 e. The van der Waals surface area contributed by atoms with Crippen molar-refractivity contribution < 1.29 is 22.0 Å². The van der Waals surface area contributed by atoms with Gasteiger partial charge in [0.1, 0.15) is 0 Å². The predicted octanol–water partition coefficient (Wildman–Crippen LogP) is 1.22. The van der Waals surface area contributed by atoms with Crippen molar-refractivity contribution in [3.05, 3.63) is 25.3 Å². The highest BCUT2D eigenvalue weighted by atomic mass is 32.3. The van der Waals surface area contributed by atoms with Crippen LogP contribution in [-0.2, 0) is 10.4 Å². The average molecular weight is 251 g/mol. The molecule has 0 fully saturated rings. The Morgan fingerprint density at radius 1 is 1.19 bits per heavy atom. The van der Waals surface area contributed by atoms with Gasteiger partial charge >= 0.3 is 0 Å². The van der Waals surface area contributed by atoms with E-state index in [2.05, 4.69) is 27.0 Å². The number of hydrogen-bond acceptors (Lipinski definition) is 3. The molecule has 0 saturated carbocycles. The minimum absolute atomic E-state index is 1.05. The van der Waals surface area contributed by atoms with E-state index in [1.165, 1.54) is 0 Å². The minimum atomic E-state index is -4.92. The van der Waals surface area contributed by atoms with Gasteiger partial charge in [-0.2, -0.15) is 0 Å². The molecule has 0 saturated heterocycles. The van der Waals surface area contributed by atoms with Gasteiger partial charge in [0.05, 0.1) is 26.2 Å². The number of hydrogen-bond donors (Lipinski definition) is 1. The summed E-state index contributed by atoms with van der Waals surface area (Å²) in [4.78, 5) is 0. The Morgan fingerprint density at radius 3 is 1.56 bits per heavy atom. The molecule has 0 aliphatic rings. The van der Waals surface area contributed by atoms with Crippen LogP contribution in [-0.4, -0.2) is 48.2 Å². The highest BCUT2D eigenvalue weighted by Gasteiger charge is 2.18. The largest absolute Gasteiger partial charge is 0.726 e. The lowest BCUT2D eigenvalue weighted by Crippen LogP contribution is -2.47. The molecule has 0 spiro atoms. The van der Waals surface area contributed by atoms with E-state index < -0.39 is 10.4 Å². The molecule has 0 aliphatic heterocycles. The SMILES string of the molecule is C=CC[N+](CC)(CC)CC=C.O=S(=O)([O-])O. The Hall–Kier alpha value is -0.690. The molecule has 0 rings (SSSR count). The summed E-state index contributed by atoms with van der Waals surface area (Å²) in [5.41, 5.74) is 0. The van der Waals surface area contributed by atoms with Crippen LogP contribution in [0.15, 0.2) is 25.3 Å². The van der Waals surface area contributed by atoms with Crippen molar-refractivity contribution in [2.45, 2.75) is 13.8 Å². The fraction of sp³-hybridized carbons (Fsp3) is 0.600. The number of rotatable bonds is 6. The van der Waals surface area contributed by atoms with Gasteiger partial charge in [-0.3, -0.25) is 4.55 Å². The van der Waals surface area contributed by atoms with E-state index >= 15 is 0 Å². The molecule has 0 aromatic carbocycles. The van der Waals surface area contributed by atoms with Gasteiger partial charge in [-0.25, -0.2) is 8.42 Å². The summed E-state index contributed by atoms with van der Waals surface area (Å²) in [7, 11) is -4.92. The molecule has 0 aromatic rings. The highest BCUT2D eigenvalue weighted by molar-refractivity contribution is 7.79. The molecule has 0 aromatic heterocycles. The molecule has 0 heterocycles. The van der Waals surface area contributed by atoms with Crippen molar-refractivity contribution in [2.24, 2.45) is 0 Å². The van der Waals surface area contributed by atoms with Crippen molar-refractivity contribution in [3.8, 4) is 0 Å². The van der Waals surface area contributed by atoms with E-state index in [0.29, 0.717) is 0 Å². The van der Waals surface area contributed by atoms with Crippen molar-refractivity contribution in [3.63, 3.8) is 0 Å².